The van der Waals surface area contributed by atoms with E-state index in [9.17, 15) is 4.79 Å². The van der Waals surface area contributed by atoms with Crippen molar-refractivity contribution < 1.29 is 4.79 Å². The molecule has 0 spiro atoms. The Bertz CT molecular complexity index is 623. The number of benzene rings is 1. The molecule has 5 heteroatoms. The molecule has 3 rings (SSSR count). The number of carbonyl (C=O) groups is 1. The van der Waals surface area contributed by atoms with Crippen LogP contribution >= 0.6 is 27.3 Å². The van der Waals surface area contributed by atoms with Gasteiger partial charge in [0.1, 0.15) is 0 Å². The van der Waals surface area contributed by atoms with Crippen LogP contribution in [0.4, 0.5) is 5.69 Å². The Morgan fingerprint density at radius 2 is 2.20 bits per heavy atom. The quantitative estimate of drug-likeness (QED) is 0.850. The van der Waals surface area contributed by atoms with Gasteiger partial charge in [0.05, 0.1) is 12.1 Å². The molecule has 104 valence electrons. The standard InChI is InChI=1S/C15H15BrN2OS/c16-14-6-3-10(17)8-13(14)15(19)18(11-4-5-11)9-12-2-1-7-20-12/h1-3,6-8,11H,4-5,9,17H2. The minimum atomic E-state index is 0.0556. The molecule has 3 nitrogen and oxygen atoms in total. The van der Waals surface area contributed by atoms with Crippen LogP contribution in [-0.2, 0) is 6.54 Å². The maximum atomic E-state index is 12.8. The minimum absolute atomic E-state index is 0.0556. The van der Waals surface area contributed by atoms with E-state index >= 15 is 0 Å². The summed E-state index contributed by atoms with van der Waals surface area (Å²) in [7, 11) is 0. The summed E-state index contributed by atoms with van der Waals surface area (Å²) in [6.45, 7) is 0.683. The van der Waals surface area contributed by atoms with Crippen LogP contribution in [0, 0.1) is 0 Å². The first-order valence-corrected chi connectivity index (χ1v) is 8.21. The Balaban J connectivity index is 1.87. The summed E-state index contributed by atoms with van der Waals surface area (Å²) in [5.74, 6) is 0.0556. The lowest BCUT2D eigenvalue weighted by atomic mass is 10.1. The van der Waals surface area contributed by atoms with E-state index in [4.69, 9.17) is 5.73 Å². The molecule has 0 atom stereocenters. The van der Waals surface area contributed by atoms with Gasteiger partial charge in [-0.15, -0.1) is 11.3 Å². The summed E-state index contributed by atoms with van der Waals surface area (Å²) >= 11 is 5.13. The smallest absolute Gasteiger partial charge is 0.255 e. The van der Waals surface area contributed by atoms with Crippen molar-refractivity contribution in [1.29, 1.82) is 0 Å². The topological polar surface area (TPSA) is 46.3 Å². The van der Waals surface area contributed by atoms with Crippen LogP contribution in [0.1, 0.15) is 28.1 Å². The summed E-state index contributed by atoms with van der Waals surface area (Å²) < 4.78 is 0.800. The number of nitrogen functional groups attached to an aromatic ring is 1. The molecule has 0 bridgehead atoms. The van der Waals surface area contributed by atoms with E-state index in [2.05, 4.69) is 22.0 Å². The first kappa shape index (κ1) is 13.6. The number of nitrogens with zero attached hydrogens (tertiary/aromatic N) is 1. The molecule has 1 heterocycles. The Morgan fingerprint density at radius 3 is 2.85 bits per heavy atom. The van der Waals surface area contributed by atoms with Crippen LogP contribution in [-0.4, -0.2) is 16.8 Å². The van der Waals surface area contributed by atoms with Crippen molar-refractivity contribution in [3.8, 4) is 0 Å². The first-order valence-electron chi connectivity index (χ1n) is 6.53. The molecule has 0 aliphatic heterocycles. The zero-order chi connectivity index (χ0) is 14.1. The zero-order valence-electron chi connectivity index (χ0n) is 10.9. The van der Waals surface area contributed by atoms with Crippen LogP contribution in [0.25, 0.3) is 0 Å². The molecule has 0 saturated heterocycles. The van der Waals surface area contributed by atoms with Gasteiger partial charge in [-0.25, -0.2) is 0 Å². The van der Waals surface area contributed by atoms with Crippen molar-refractivity contribution in [3.05, 3.63) is 50.6 Å². The molecule has 1 saturated carbocycles. The molecule has 1 aromatic heterocycles. The van der Waals surface area contributed by atoms with Crippen LogP contribution in [0.3, 0.4) is 0 Å². The Kier molecular flexibility index (Phi) is 3.81. The largest absolute Gasteiger partial charge is 0.399 e. The number of anilines is 1. The van der Waals surface area contributed by atoms with E-state index in [-0.39, 0.29) is 5.91 Å². The van der Waals surface area contributed by atoms with Gasteiger partial charge in [0, 0.05) is 21.1 Å². The third kappa shape index (κ3) is 2.88. The lowest BCUT2D eigenvalue weighted by Crippen LogP contribution is -2.32. The summed E-state index contributed by atoms with van der Waals surface area (Å²) in [6, 6.07) is 9.84. The first-order chi connectivity index (χ1) is 9.65. The average molecular weight is 351 g/mol. The van der Waals surface area contributed by atoms with Crippen LogP contribution in [0.15, 0.2) is 40.2 Å². The Hall–Kier alpha value is -1.33. The summed E-state index contributed by atoms with van der Waals surface area (Å²) in [5, 5.41) is 2.04. The predicted molar refractivity (Wildman–Crippen MR) is 85.8 cm³/mol. The van der Waals surface area contributed by atoms with E-state index < -0.39 is 0 Å². The van der Waals surface area contributed by atoms with Crippen molar-refractivity contribution in [1.82, 2.24) is 4.90 Å². The molecule has 1 amide bonds. The summed E-state index contributed by atoms with van der Waals surface area (Å²) in [6.07, 6.45) is 2.19. The molecule has 2 aromatic rings. The number of hydrogen-bond donors (Lipinski definition) is 1. The van der Waals surface area contributed by atoms with Gasteiger partial charge in [0.25, 0.3) is 5.91 Å². The van der Waals surface area contributed by atoms with E-state index in [1.165, 1.54) is 4.88 Å². The number of thiophene rings is 1. The van der Waals surface area contributed by atoms with Gasteiger partial charge in [-0.05, 0) is 58.4 Å². The molecule has 1 aliphatic rings. The molecule has 0 radical (unpaired) electrons. The normalized spacial score (nSPS) is 14.2. The maximum absolute atomic E-state index is 12.8. The number of halogens is 1. The van der Waals surface area contributed by atoms with Gasteiger partial charge >= 0.3 is 0 Å². The maximum Gasteiger partial charge on any atom is 0.255 e. The van der Waals surface area contributed by atoms with E-state index in [1.807, 2.05) is 22.4 Å². The fourth-order valence-electron chi connectivity index (χ4n) is 2.18. The zero-order valence-corrected chi connectivity index (χ0v) is 13.3. The van der Waals surface area contributed by atoms with Gasteiger partial charge in [-0.2, -0.15) is 0 Å². The lowest BCUT2D eigenvalue weighted by Gasteiger charge is -2.22. The van der Waals surface area contributed by atoms with Gasteiger partial charge in [0.15, 0.2) is 0 Å². The van der Waals surface area contributed by atoms with Crippen molar-refractivity contribution in [2.45, 2.75) is 25.4 Å². The van der Waals surface area contributed by atoms with Gasteiger partial charge in [-0.1, -0.05) is 6.07 Å². The van der Waals surface area contributed by atoms with Crippen molar-refractivity contribution in [2.24, 2.45) is 0 Å². The van der Waals surface area contributed by atoms with Crippen LogP contribution in [0.2, 0.25) is 0 Å². The second-order valence-electron chi connectivity index (χ2n) is 4.98. The highest BCUT2D eigenvalue weighted by Crippen LogP contribution is 2.32. The molecular formula is C15H15BrN2OS. The van der Waals surface area contributed by atoms with Crippen molar-refractivity contribution in [2.75, 3.05) is 5.73 Å². The Morgan fingerprint density at radius 1 is 1.40 bits per heavy atom. The minimum Gasteiger partial charge on any atom is -0.399 e. The monoisotopic (exact) mass is 350 g/mol. The number of rotatable bonds is 4. The highest BCUT2D eigenvalue weighted by atomic mass is 79.9. The van der Waals surface area contributed by atoms with E-state index in [0.717, 1.165) is 17.3 Å². The number of carbonyl (C=O) groups excluding carboxylic acids is 1. The fraction of sp³-hybridized carbons (Fsp3) is 0.267. The van der Waals surface area contributed by atoms with Gasteiger partial charge < -0.3 is 10.6 Å². The van der Waals surface area contributed by atoms with E-state index in [1.54, 1.807) is 23.5 Å². The highest BCUT2D eigenvalue weighted by Gasteiger charge is 2.33. The average Bonchev–Trinajstić information content (AvgIpc) is 3.15. The van der Waals surface area contributed by atoms with Crippen molar-refractivity contribution in [3.63, 3.8) is 0 Å². The lowest BCUT2D eigenvalue weighted by molar-refractivity contribution is 0.0731. The third-order valence-corrected chi connectivity index (χ3v) is 4.93. The number of hydrogen-bond acceptors (Lipinski definition) is 3. The van der Waals surface area contributed by atoms with Crippen molar-refractivity contribution >= 4 is 38.9 Å². The predicted octanol–water partition coefficient (Wildman–Crippen LogP) is 3.90. The summed E-state index contributed by atoms with van der Waals surface area (Å²) in [5.41, 5.74) is 7.06. The molecule has 2 N–H and O–H groups in total. The molecular weight excluding hydrogens is 336 g/mol. The van der Waals surface area contributed by atoms with Crippen LogP contribution in [0.5, 0.6) is 0 Å². The molecule has 1 fully saturated rings. The third-order valence-electron chi connectivity index (χ3n) is 3.38. The fourth-order valence-corrected chi connectivity index (χ4v) is 3.30. The van der Waals surface area contributed by atoms with Gasteiger partial charge in [-0.3, -0.25) is 4.79 Å². The van der Waals surface area contributed by atoms with Crippen LogP contribution < -0.4 is 5.73 Å². The molecule has 20 heavy (non-hydrogen) atoms. The molecule has 0 unspecified atom stereocenters. The van der Waals surface area contributed by atoms with E-state index in [0.29, 0.717) is 23.8 Å². The highest BCUT2D eigenvalue weighted by molar-refractivity contribution is 9.10. The van der Waals surface area contributed by atoms with Gasteiger partial charge in [0.2, 0.25) is 0 Å². The number of nitrogens with two attached hydrogens (primary N) is 1. The Labute approximate surface area is 130 Å². The second-order valence-corrected chi connectivity index (χ2v) is 6.87. The molecule has 1 aliphatic carbocycles. The number of amides is 1. The second kappa shape index (κ2) is 5.58. The summed E-state index contributed by atoms with van der Waals surface area (Å²) in [4.78, 5) is 15.9. The SMILES string of the molecule is Nc1ccc(Br)c(C(=O)N(Cc2cccs2)C2CC2)c1. The molecule has 1 aromatic carbocycles.